The molecule has 1 unspecified atom stereocenters. The van der Waals surface area contributed by atoms with Gasteiger partial charge in [0.15, 0.2) is 6.10 Å². The van der Waals surface area contributed by atoms with Gasteiger partial charge in [0.25, 0.3) is 0 Å². The fourth-order valence-electron chi connectivity index (χ4n) is 6.00. The lowest BCUT2D eigenvalue weighted by atomic mass is 10.1. The highest BCUT2D eigenvalue weighted by molar-refractivity contribution is 5.71. The van der Waals surface area contributed by atoms with Gasteiger partial charge in [-0.1, -0.05) is 172 Å². The summed E-state index contributed by atoms with van der Waals surface area (Å²) in [5.41, 5.74) is 0. The molecule has 0 bridgehead atoms. The molecule has 0 radical (unpaired) electrons. The number of rotatable bonds is 39. The maximum Gasteiger partial charge on any atom is 0.306 e. The van der Waals surface area contributed by atoms with Crippen molar-refractivity contribution in [3.05, 3.63) is 48.6 Å². The van der Waals surface area contributed by atoms with Gasteiger partial charge in [-0.3, -0.25) is 14.4 Å². The fourth-order valence-corrected chi connectivity index (χ4v) is 6.00. The minimum absolute atomic E-state index is 0.0961. The normalized spacial score (nSPS) is 12.4. The predicted molar refractivity (Wildman–Crippen MR) is 224 cm³/mol. The molecular weight excluding hydrogens is 661 g/mol. The van der Waals surface area contributed by atoms with Crippen molar-refractivity contribution in [2.75, 3.05) is 13.2 Å². The van der Waals surface area contributed by atoms with E-state index in [2.05, 4.69) is 69.4 Å². The van der Waals surface area contributed by atoms with Crippen molar-refractivity contribution in [2.45, 2.75) is 219 Å². The average Bonchev–Trinajstić information content (AvgIpc) is 3.15. The Morgan fingerprint density at radius 1 is 0.415 bits per heavy atom. The third kappa shape index (κ3) is 40.4. The molecule has 1 atom stereocenters. The Morgan fingerprint density at radius 2 is 0.792 bits per heavy atom. The Balaban J connectivity index is 4.39. The molecule has 0 saturated carbocycles. The monoisotopic (exact) mass is 743 g/mol. The van der Waals surface area contributed by atoms with Gasteiger partial charge in [0.2, 0.25) is 0 Å². The third-order valence-electron chi connectivity index (χ3n) is 9.35. The largest absolute Gasteiger partial charge is 0.462 e. The maximum absolute atomic E-state index is 12.6. The van der Waals surface area contributed by atoms with E-state index < -0.39 is 6.10 Å². The highest BCUT2D eigenvalue weighted by Crippen LogP contribution is 2.13. The van der Waals surface area contributed by atoms with E-state index in [-0.39, 0.29) is 31.1 Å². The summed E-state index contributed by atoms with van der Waals surface area (Å²) >= 11 is 0. The first-order chi connectivity index (χ1) is 26.0. The SMILES string of the molecule is CC/C=C\C/C=C\CCCCC(=O)OCC(COC(=O)CCCCC/C=C\C=C/CCCCCCCCC)OC(=O)CCCCCCCCCCCC. The summed E-state index contributed by atoms with van der Waals surface area (Å²) in [7, 11) is 0. The third-order valence-corrected chi connectivity index (χ3v) is 9.35. The molecule has 0 aromatic heterocycles. The molecule has 0 amide bonds. The number of esters is 3. The number of carbonyl (C=O) groups excluding carboxylic acids is 3. The minimum atomic E-state index is -0.790. The molecule has 0 spiro atoms. The summed E-state index contributed by atoms with van der Waals surface area (Å²) in [5.74, 6) is -0.961. The van der Waals surface area contributed by atoms with Crippen molar-refractivity contribution in [3.8, 4) is 0 Å². The van der Waals surface area contributed by atoms with Gasteiger partial charge in [0.1, 0.15) is 13.2 Å². The molecule has 0 aliphatic rings. The summed E-state index contributed by atoms with van der Waals surface area (Å²) in [4.78, 5) is 37.6. The second kappa shape index (κ2) is 42.1. The van der Waals surface area contributed by atoms with Gasteiger partial charge >= 0.3 is 17.9 Å². The van der Waals surface area contributed by atoms with E-state index in [9.17, 15) is 14.4 Å². The van der Waals surface area contributed by atoms with Crippen molar-refractivity contribution < 1.29 is 28.6 Å². The Hall–Kier alpha value is -2.63. The summed E-state index contributed by atoms with van der Waals surface area (Å²) in [6.07, 6.45) is 48.2. The van der Waals surface area contributed by atoms with Gasteiger partial charge in [-0.25, -0.2) is 0 Å². The van der Waals surface area contributed by atoms with E-state index in [0.717, 1.165) is 83.5 Å². The van der Waals surface area contributed by atoms with Gasteiger partial charge in [-0.05, 0) is 70.6 Å². The molecule has 0 aromatic rings. The molecular formula is C47H82O6. The summed E-state index contributed by atoms with van der Waals surface area (Å²) in [6, 6.07) is 0. The number of unbranched alkanes of at least 4 members (excludes halogenated alkanes) is 21. The van der Waals surface area contributed by atoms with Gasteiger partial charge in [0, 0.05) is 19.3 Å². The second-order valence-corrected chi connectivity index (χ2v) is 14.6. The molecule has 6 heteroatoms. The minimum Gasteiger partial charge on any atom is -0.462 e. The van der Waals surface area contributed by atoms with Crippen LogP contribution in [-0.4, -0.2) is 37.2 Å². The van der Waals surface area contributed by atoms with E-state index in [1.54, 1.807) is 0 Å². The van der Waals surface area contributed by atoms with Crippen LogP contribution in [-0.2, 0) is 28.6 Å². The van der Waals surface area contributed by atoms with Crippen LogP contribution in [0.1, 0.15) is 213 Å². The zero-order valence-corrected chi connectivity index (χ0v) is 34.8. The van der Waals surface area contributed by atoms with Gasteiger partial charge in [-0.2, -0.15) is 0 Å². The fraction of sp³-hybridized carbons (Fsp3) is 0.766. The topological polar surface area (TPSA) is 78.9 Å². The van der Waals surface area contributed by atoms with Crippen molar-refractivity contribution >= 4 is 17.9 Å². The van der Waals surface area contributed by atoms with Crippen LogP contribution < -0.4 is 0 Å². The quantitative estimate of drug-likeness (QED) is 0.0205. The average molecular weight is 743 g/mol. The summed E-state index contributed by atoms with van der Waals surface area (Å²) in [6.45, 7) is 6.42. The molecule has 0 heterocycles. The van der Waals surface area contributed by atoms with Crippen LogP contribution in [0.2, 0.25) is 0 Å². The van der Waals surface area contributed by atoms with Crippen LogP contribution in [0.25, 0.3) is 0 Å². The van der Waals surface area contributed by atoms with Crippen molar-refractivity contribution in [1.82, 2.24) is 0 Å². The molecule has 0 aliphatic heterocycles. The second-order valence-electron chi connectivity index (χ2n) is 14.6. The molecule has 0 aliphatic carbocycles. The van der Waals surface area contributed by atoms with Gasteiger partial charge in [0.05, 0.1) is 0 Å². The van der Waals surface area contributed by atoms with Crippen LogP contribution in [0.15, 0.2) is 48.6 Å². The van der Waals surface area contributed by atoms with E-state index in [0.29, 0.717) is 19.3 Å². The van der Waals surface area contributed by atoms with Crippen LogP contribution in [0.3, 0.4) is 0 Å². The van der Waals surface area contributed by atoms with Crippen molar-refractivity contribution in [3.63, 3.8) is 0 Å². The Kier molecular flexibility index (Phi) is 40.0. The number of hydrogen-bond acceptors (Lipinski definition) is 6. The predicted octanol–water partition coefficient (Wildman–Crippen LogP) is 14.0. The van der Waals surface area contributed by atoms with Crippen LogP contribution in [0.4, 0.5) is 0 Å². The zero-order valence-electron chi connectivity index (χ0n) is 34.8. The number of ether oxygens (including phenoxy) is 3. The van der Waals surface area contributed by atoms with E-state index in [1.807, 2.05) is 0 Å². The highest BCUT2D eigenvalue weighted by Gasteiger charge is 2.19. The smallest absolute Gasteiger partial charge is 0.306 e. The number of allylic oxidation sites excluding steroid dienone is 8. The van der Waals surface area contributed by atoms with Crippen LogP contribution in [0, 0.1) is 0 Å². The Bertz CT molecular complexity index is 949. The molecule has 306 valence electrons. The lowest BCUT2D eigenvalue weighted by molar-refractivity contribution is -0.167. The molecule has 0 saturated heterocycles. The molecule has 0 aromatic carbocycles. The van der Waals surface area contributed by atoms with Crippen molar-refractivity contribution in [2.24, 2.45) is 0 Å². The first kappa shape index (κ1) is 50.4. The van der Waals surface area contributed by atoms with E-state index >= 15 is 0 Å². The number of hydrogen-bond donors (Lipinski definition) is 0. The highest BCUT2D eigenvalue weighted by atomic mass is 16.6. The molecule has 0 fully saturated rings. The summed E-state index contributed by atoms with van der Waals surface area (Å²) < 4.78 is 16.6. The Morgan fingerprint density at radius 3 is 1.30 bits per heavy atom. The lowest BCUT2D eigenvalue weighted by Gasteiger charge is -2.18. The van der Waals surface area contributed by atoms with Gasteiger partial charge < -0.3 is 14.2 Å². The lowest BCUT2D eigenvalue weighted by Crippen LogP contribution is -2.30. The Labute approximate surface area is 327 Å². The van der Waals surface area contributed by atoms with Gasteiger partial charge in [-0.15, -0.1) is 0 Å². The first-order valence-electron chi connectivity index (χ1n) is 22.2. The van der Waals surface area contributed by atoms with E-state index in [4.69, 9.17) is 14.2 Å². The molecule has 0 N–H and O–H groups in total. The zero-order chi connectivity index (χ0) is 38.7. The van der Waals surface area contributed by atoms with Crippen LogP contribution >= 0.6 is 0 Å². The summed E-state index contributed by atoms with van der Waals surface area (Å²) in [5, 5.41) is 0. The first-order valence-corrected chi connectivity index (χ1v) is 22.2. The molecule has 6 nitrogen and oxygen atoms in total. The molecule has 0 rings (SSSR count). The maximum atomic E-state index is 12.6. The molecule has 53 heavy (non-hydrogen) atoms. The number of carbonyl (C=O) groups is 3. The van der Waals surface area contributed by atoms with Crippen LogP contribution in [0.5, 0.6) is 0 Å². The van der Waals surface area contributed by atoms with E-state index in [1.165, 1.54) is 89.9 Å². The van der Waals surface area contributed by atoms with Crippen molar-refractivity contribution in [1.29, 1.82) is 0 Å². The standard InChI is InChI=1S/C47H82O6/c1-4-7-10-13-16-19-21-22-23-24-25-26-29-31-34-37-40-46(49)52-43-44(42-51-45(48)39-36-33-30-27-18-15-12-9-6-3)53-47(50)41-38-35-32-28-20-17-14-11-8-5-2/h9,12,18,23-27,44H,4-8,10-11,13-17,19-22,28-43H2,1-3H3/b12-9-,24-23-,26-25-,27-18-.